The van der Waals surface area contributed by atoms with Crippen molar-refractivity contribution < 1.29 is 0 Å². The Balaban J connectivity index is 2.35. The van der Waals surface area contributed by atoms with Gasteiger partial charge in [0.15, 0.2) is 5.82 Å². The van der Waals surface area contributed by atoms with Crippen LogP contribution in [0.3, 0.4) is 0 Å². The third kappa shape index (κ3) is 1.96. The number of rotatable bonds is 2. The third-order valence-electron chi connectivity index (χ3n) is 3.17. The van der Waals surface area contributed by atoms with Gasteiger partial charge in [0, 0.05) is 19.3 Å². The summed E-state index contributed by atoms with van der Waals surface area (Å²) < 4.78 is 0. The molecule has 0 spiro atoms. The molecule has 3 heteroatoms. The van der Waals surface area contributed by atoms with Crippen LogP contribution >= 0.6 is 0 Å². The Hall–Kier alpha value is -1.12. The van der Waals surface area contributed by atoms with E-state index >= 15 is 0 Å². The molecule has 2 heterocycles. The number of nitrogens with zero attached hydrogens (tertiary/aromatic N) is 3. The lowest BCUT2D eigenvalue weighted by Gasteiger charge is -2.33. The van der Waals surface area contributed by atoms with Crippen molar-refractivity contribution in [3.05, 3.63) is 17.6 Å². The van der Waals surface area contributed by atoms with Gasteiger partial charge in [0.1, 0.15) is 0 Å². The van der Waals surface area contributed by atoms with Crippen molar-refractivity contribution in [2.45, 2.75) is 33.6 Å². The molecule has 0 bridgehead atoms. The van der Waals surface area contributed by atoms with Crippen LogP contribution in [0.5, 0.6) is 0 Å². The SMILES string of the molecule is CCC1Cc2ncc(C)nc2N(CC)C1. The Morgan fingerprint density at radius 3 is 2.93 bits per heavy atom. The number of aryl methyl sites for hydroxylation is 1. The number of anilines is 1. The van der Waals surface area contributed by atoms with Gasteiger partial charge in [0.25, 0.3) is 0 Å². The molecular weight excluding hydrogens is 186 g/mol. The number of aromatic nitrogens is 2. The second-order valence-electron chi connectivity index (χ2n) is 4.30. The number of fused-ring (bicyclic) bond motifs is 1. The summed E-state index contributed by atoms with van der Waals surface area (Å²) in [4.78, 5) is 11.5. The van der Waals surface area contributed by atoms with Crippen LogP contribution in [-0.2, 0) is 6.42 Å². The van der Waals surface area contributed by atoms with E-state index in [9.17, 15) is 0 Å². The smallest absolute Gasteiger partial charge is 0.150 e. The van der Waals surface area contributed by atoms with Gasteiger partial charge in [-0.15, -0.1) is 0 Å². The standard InChI is InChI=1S/C12H19N3/c1-4-10-6-11-12(15(5-2)8-10)14-9(3)7-13-11/h7,10H,4-6,8H2,1-3H3. The lowest BCUT2D eigenvalue weighted by atomic mass is 9.95. The minimum atomic E-state index is 0.745. The Labute approximate surface area is 91.5 Å². The van der Waals surface area contributed by atoms with Gasteiger partial charge in [-0.3, -0.25) is 4.98 Å². The van der Waals surface area contributed by atoms with Gasteiger partial charge in [-0.1, -0.05) is 13.3 Å². The van der Waals surface area contributed by atoms with Crippen molar-refractivity contribution in [1.29, 1.82) is 0 Å². The summed E-state index contributed by atoms with van der Waals surface area (Å²) in [5, 5.41) is 0. The Morgan fingerprint density at radius 1 is 1.47 bits per heavy atom. The molecule has 1 aliphatic rings. The zero-order valence-corrected chi connectivity index (χ0v) is 9.82. The van der Waals surface area contributed by atoms with Crippen LogP contribution < -0.4 is 4.90 Å². The van der Waals surface area contributed by atoms with E-state index in [2.05, 4.69) is 28.7 Å². The summed E-state index contributed by atoms with van der Waals surface area (Å²) in [7, 11) is 0. The molecule has 1 aliphatic heterocycles. The first-order valence-electron chi connectivity index (χ1n) is 5.82. The normalized spacial score (nSPS) is 20.2. The highest BCUT2D eigenvalue weighted by Gasteiger charge is 2.24. The second kappa shape index (κ2) is 4.17. The summed E-state index contributed by atoms with van der Waals surface area (Å²) in [6.45, 7) is 8.61. The van der Waals surface area contributed by atoms with Crippen molar-refractivity contribution in [1.82, 2.24) is 9.97 Å². The maximum absolute atomic E-state index is 4.60. The summed E-state index contributed by atoms with van der Waals surface area (Å²) >= 11 is 0. The van der Waals surface area contributed by atoms with E-state index in [0.717, 1.165) is 36.9 Å². The molecule has 3 nitrogen and oxygen atoms in total. The molecule has 82 valence electrons. The van der Waals surface area contributed by atoms with Crippen molar-refractivity contribution in [3.8, 4) is 0 Å². The zero-order chi connectivity index (χ0) is 10.8. The predicted octanol–water partition coefficient (Wildman–Crippen LogP) is 2.19. The second-order valence-corrected chi connectivity index (χ2v) is 4.30. The molecule has 1 aromatic rings. The van der Waals surface area contributed by atoms with Crippen molar-refractivity contribution in [2.24, 2.45) is 5.92 Å². The Bertz CT molecular complexity index is 349. The lowest BCUT2D eigenvalue weighted by Crippen LogP contribution is -2.36. The zero-order valence-electron chi connectivity index (χ0n) is 9.82. The van der Waals surface area contributed by atoms with Gasteiger partial charge in [-0.05, 0) is 26.2 Å². The number of hydrogen-bond acceptors (Lipinski definition) is 3. The van der Waals surface area contributed by atoms with Crippen LogP contribution in [0.2, 0.25) is 0 Å². The molecule has 0 aliphatic carbocycles. The monoisotopic (exact) mass is 205 g/mol. The molecule has 0 fully saturated rings. The first-order valence-corrected chi connectivity index (χ1v) is 5.82. The topological polar surface area (TPSA) is 29.0 Å². The quantitative estimate of drug-likeness (QED) is 0.741. The summed E-state index contributed by atoms with van der Waals surface area (Å²) in [5.41, 5.74) is 2.20. The summed E-state index contributed by atoms with van der Waals surface area (Å²) in [6, 6.07) is 0. The first kappa shape index (κ1) is 10.4. The van der Waals surface area contributed by atoms with Gasteiger partial charge in [0.05, 0.1) is 11.4 Å². The van der Waals surface area contributed by atoms with E-state index in [0.29, 0.717) is 0 Å². The molecular formula is C12H19N3. The highest BCUT2D eigenvalue weighted by atomic mass is 15.2. The molecule has 0 radical (unpaired) electrons. The molecule has 1 unspecified atom stereocenters. The molecule has 0 saturated carbocycles. The highest BCUT2D eigenvalue weighted by molar-refractivity contribution is 5.46. The van der Waals surface area contributed by atoms with Crippen LogP contribution in [-0.4, -0.2) is 23.1 Å². The van der Waals surface area contributed by atoms with Crippen LogP contribution in [0, 0.1) is 12.8 Å². The first-order chi connectivity index (χ1) is 7.24. The summed E-state index contributed by atoms with van der Waals surface area (Å²) in [5.74, 6) is 1.86. The minimum Gasteiger partial charge on any atom is -0.355 e. The van der Waals surface area contributed by atoms with Gasteiger partial charge in [-0.2, -0.15) is 0 Å². The molecule has 0 saturated heterocycles. The molecule has 0 aromatic carbocycles. The van der Waals surface area contributed by atoms with Crippen LogP contribution in [0.4, 0.5) is 5.82 Å². The van der Waals surface area contributed by atoms with E-state index in [1.807, 2.05) is 13.1 Å². The van der Waals surface area contributed by atoms with Crippen LogP contribution in [0.25, 0.3) is 0 Å². The molecule has 0 N–H and O–H groups in total. The average Bonchev–Trinajstić information content (AvgIpc) is 2.27. The van der Waals surface area contributed by atoms with E-state index < -0.39 is 0 Å². The Kier molecular flexibility index (Phi) is 2.89. The van der Waals surface area contributed by atoms with E-state index in [4.69, 9.17) is 0 Å². The lowest BCUT2D eigenvalue weighted by molar-refractivity contribution is 0.467. The minimum absolute atomic E-state index is 0.745. The van der Waals surface area contributed by atoms with Gasteiger partial charge >= 0.3 is 0 Å². The number of hydrogen-bond donors (Lipinski definition) is 0. The van der Waals surface area contributed by atoms with Crippen molar-refractivity contribution in [2.75, 3.05) is 18.0 Å². The maximum Gasteiger partial charge on any atom is 0.150 e. The van der Waals surface area contributed by atoms with E-state index in [1.54, 1.807) is 0 Å². The highest BCUT2D eigenvalue weighted by Crippen LogP contribution is 2.27. The fourth-order valence-corrected chi connectivity index (χ4v) is 2.18. The molecule has 2 rings (SSSR count). The molecule has 1 atom stereocenters. The van der Waals surface area contributed by atoms with E-state index in [1.165, 1.54) is 12.1 Å². The van der Waals surface area contributed by atoms with Crippen LogP contribution in [0.15, 0.2) is 6.20 Å². The molecule has 0 amide bonds. The van der Waals surface area contributed by atoms with E-state index in [-0.39, 0.29) is 0 Å². The third-order valence-corrected chi connectivity index (χ3v) is 3.17. The van der Waals surface area contributed by atoms with Crippen LogP contribution in [0.1, 0.15) is 31.7 Å². The van der Waals surface area contributed by atoms with Gasteiger partial charge < -0.3 is 4.90 Å². The Morgan fingerprint density at radius 2 is 2.27 bits per heavy atom. The maximum atomic E-state index is 4.60. The van der Waals surface area contributed by atoms with Gasteiger partial charge in [-0.25, -0.2) is 4.98 Å². The summed E-state index contributed by atoms with van der Waals surface area (Å²) in [6.07, 6.45) is 4.20. The fourth-order valence-electron chi connectivity index (χ4n) is 2.18. The van der Waals surface area contributed by atoms with Crippen molar-refractivity contribution >= 4 is 5.82 Å². The van der Waals surface area contributed by atoms with Gasteiger partial charge in [0.2, 0.25) is 0 Å². The molecule has 15 heavy (non-hydrogen) atoms. The fraction of sp³-hybridized carbons (Fsp3) is 0.667. The predicted molar refractivity (Wildman–Crippen MR) is 62.1 cm³/mol. The largest absolute Gasteiger partial charge is 0.355 e. The average molecular weight is 205 g/mol. The molecule has 1 aromatic heterocycles. The van der Waals surface area contributed by atoms with Crippen molar-refractivity contribution in [3.63, 3.8) is 0 Å².